The maximum absolute atomic E-state index is 12.5. The first-order chi connectivity index (χ1) is 11.9. The second-order valence-corrected chi connectivity index (χ2v) is 8.41. The van der Waals surface area contributed by atoms with E-state index >= 15 is 0 Å². The highest BCUT2D eigenvalue weighted by atomic mass is 32.2. The van der Waals surface area contributed by atoms with Gasteiger partial charge in [-0.2, -0.15) is 0 Å². The predicted octanol–water partition coefficient (Wildman–Crippen LogP) is 2.35. The van der Waals surface area contributed by atoms with Gasteiger partial charge < -0.3 is 9.30 Å². The van der Waals surface area contributed by atoms with Gasteiger partial charge in [0.05, 0.1) is 21.2 Å². The smallest absolute Gasteiger partial charge is 0.307 e. The number of hydrogen-bond donors (Lipinski definition) is 1. The number of sulfonamides is 1. The van der Waals surface area contributed by atoms with Crippen molar-refractivity contribution in [2.24, 2.45) is 7.05 Å². The molecule has 3 rings (SSSR count). The minimum absolute atomic E-state index is 0.123. The molecule has 3 aromatic rings. The summed E-state index contributed by atoms with van der Waals surface area (Å²) >= 11 is 1.03. The van der Waals surface area contributed by atoms with Gasteiger partial charge in [-0.25, -0.2) is 13.1 Å². The molecule has 2 aromatic carbocycles. The third-order valence-corrected chi connectivity index (χ3v) is 6.26. The van der Waals surface area contributed by atoms with Gasteiger partial charge >= 0.3 is 4.87 Å². The quantitative estimate of drug-likeness (QED) is 0.714. The highest BCUT2D eigenvalue weighted by Crippen LogP contribution is 2.21. The molecule has 25 heavy (non-hydrogen) atoms. The van der Waals surface area contributed by atoms with E-state index in [4.69, 9.17) is 4.74 Å². The zero-order chi connectivity index (χ0) is 18.0. The van der Waals surface area contributed by atoms with Crippen LogP contribution in [-0.4, -0.2) is 25.6 Å². The Morgan fingerprint density at radius 2 is 1.92 bits per heavy atom. The molecule has 0 radical (unpaired) electrons. The van der Waals surface area contributed by atoms with Crippen LogP contribution in [0, 0.1) is 0 Å². The second-order valence-electron chi connectivity index (χ2n) is 5.70. The summed E-state index contributed by atoms with van der Waals surface area (Å²) < 4.78 is 35.4. The van der Waals surface area contributed by atoms with Crippen molar-refractivity contribution in [1.82, 2.24) is 9.29 Å². The third kappa shape index (κ3) is 3.92. The maximum Gasteiger partial charge on any atom is 0.307 e. The molecule has 0 spiro atoms. The van der Waals surface area contributed by atoms with Crippen molar-refractivity contribution < 1.29 is 13.2 Å². The van der Waals surface area contributed by atoms with Gasteiger partial charge in [0.1, 0.15) is 12.4 Å². The lowest BCUT2D eigenvalue weighted by atomic mass is 10.3. The van der Waals surface area contributed by atoms with Crippen LogP contribution in [0.1, 0.15) is 6.92 Å². The number of para-hydroxylation sites is 1. The molecule has 1 heterocycles. The van der Waals surface area contributed by atoms with Gasteiger partial charge in [0.15, 0.2) is 0 Å². The zero-order valence-corrected chi connectivity index (χ0v) is 15.4. The molecule has 8 heteroatoms. The first-order valence-electron chi connectivity index (χ1n) is 7.66. The highest BCUT2D eigenvalue weighted by molar-refractivity contribution is 7.89. The lowest BCUT2D eigenvalue weighted by Crippen LogP contribution is -2.36. The lowest BCUT2D eigenvalue weighted by molar-refractivity contribution is 0.287. The van der Waals surface area contributed by atoms with Gasteiger partial charge in [0, 0.05) is 7.05 Å². The number of fused-ring (bicyclic) bond motifs is 1. The standard InChI is InChI=1S/C17H18N2O4S2/c1-12(11-23-13-6-4-3-5-7-13)18-25(21,22)14-8-9-15-16(10-14)24-17(20)19(15)2/h3-10,12,18H,11H2,1-2H3/t12-/m1/s1. The summed E-state index contributed by atoms with van der Waals surface area (Å²) in [6.45, 7) is 1.95. The van der Waals surface area contributed by atoms with Crippen LogP contribution in [0.25, 0.3) is 10.2 Å². The topological polar surface area (TPSA) is 77.4 Å². The van der Waals surface area contributed by atoms with Crippen molar-refractivity contribution in [2.45, 2.75) is 17.9 Å². The number of ether oxygens (including phenoxy) is 1. The average molecular weight is 378 g/mol. The normalized spacial score (nSPS) is 13.0. The molecule has 0 aliphatic heterocycles. The first kappa shape index (κ1) is 17.7. The molecule has 0 saturated carbocycles. The molecule has 132 valence electrons. The first-order valence-corrected chi connectivity index (χ1v) is 9.96. The van der Waals surface area contributed by atoms with Gasteiger partial charge in [-0.3, -0.25) is 4.79 Å². The zero-order valence-electron chi connectivity index (χ0n) is 13.8. The number of nitrogens with one attached hydrogen (secondary N) is 1. The number of aryl methyl sites for hydroxylation is 1. The molecule has 0 fully saturated rings. The van der Waals surface area contributed by atoms with E-state index in [1.54, 1.807) is 20.0 Å². The Bertz CT molecular complexity index is 1040. The highest BCUT2D eigenvalue weighted by Gasteiger charge is 2.19. The number of rotatable bonds is 6. The molecule has 1 N–H and O–H groups in total. The third-order valence-electron chi connectivity index (χ3n) is 3.67. The minimum atomic E-state index is -3.69. The monoisotopic (exact) mass is 378 g/mol. The van der Waals surface area contributed by atoms with Crippen LogP contribution in [0.2, 0.25) is 0 Å². The van der Waals surface area contributed by atoms with Gasteiger partial charge in [-0.1, -0.05) is 29.5 Å². The number of benzene rings is 2. The summed E-state index contributed by atoms with van der Waals surface area (Å²) in [5, 5.41) is 0. The Kier molecular flexibility index (Phi) is 4.94. The van der Waals surface area contributed by atoms with Gasteiger partial charge in [0.2, 0.25) is 10.0 Å². The predicted molar refractivity (Wildman–Crippen MR) is 98.8 cm³/mol. The van der Waals surface area contributed by atoms with Gasteiger partial charge in [0.25, 0.3) is 0 Å². The fourth-order valence-electron chi connectivity index (χ4n) is 2.39. The lowest BCUT2D eigenvalue weighted by Gasteiger charge is -2.15. The van der Waals surface area contributed by atoms with Crippen molar-refractivity contribution in [2.75, 3.05) is 6.61 Å². The van der Waals surface area contributed by atoms with Crippen molar-refractivity contribution in [1.29, 1.82) is 0 Å². The summed E-state index contributed by atoms with van der Waals surface area (Å²) in [4.78, 5) is 11.7. The van der Waals surface area contributed by atoms with Gasteiger partial charge in [-0.05, 0) is 37.3 Å². The largest absolute Gasteiger partial charge is 0.492 e. The van der Waals surface area contributed by atoms with E-state index < -0.39 is 16.1 Å². The Balaban J connectivity index is 1.73. The minimum Gasteiger partial charge on any atom is -0.492 e. The van der Waals surface area contributed by atoms with Crippen LogP contribution in [0.4, 0.5) is 0 Å². The van der Waals surface area contributed by atoms with Crippen LogP contribution in [0.3, 0.4) is 0 Å². The van der Waals surface area contributed by atoms with E-state index in [9.17, 15) is 13.2 Å². The molecule has 0 aliphatic carbocycles. The molecule has 0 bridgehead atoms. The molecule has 0 amide bonds. The fourth-order valence-corrected chi connectivity index (χ4v) is 4.63. The van der Waals surface area contributed by atoms with Crippen LogP contribution in [-0.2, 0) is 17.1 Å². The van der Waals surface area contributed by atoms with Crippen molar-refractivity contribution in [3.63, 3.8) is 0 Å². The summed E-state index contributed by atoms with van der Waals surface area (Å²) in [5.41, 5.74) is 0.717. The Morgan fingerprint density at radius 3 is 2.64 bits per heavy atom. The molecule has 0 unspecified atom stereocenters. The molecule has 1 aromatic heterocycles. The molecular formula is C17H18N2O4S2. The molecule has 1 atom stereocenters. The van der Waals surface area contributed by atoms with Crippen LogP contribution in [0.15, 0.2) is 58.2 Å². The maximum atomic E-state index is 12.5. The molecule has 6 nitrogen and oxygen atoms in total. The fraction of sp³-hybridized carbons (Fsp3) is 0.235. The van der Waals surface area contributed by atoms with E-state index in [-0.39, 0.29) is 16.4 Å². The summed E-state index contributed by atoms with van der Waals surface area (Å²) in [5.74, 6) is 0.684. The second kappa shape index (κ2) is 6.99. The number of thiazole rings is 1. The van der Waals surface area contributed by atoms with Crippen LogP contribution < -0.4 is 14.3 Å². The van der Waals surface area contributed by atoms with E-state index in [1.165, 1.54) is 16.7 Å². The van der Waals surface area contributed by atoms with Crippen LogP contribution >= 0.6 is 11.3 Å². The summed E-state index contributed by atoms with van der Waals surface area (Å²) in [6.07, 6.45) is 0. The van der Waals surface area contributed by atoms with E-state index in [0.29, 0.717) is 10.4 Å². The Morgan fingerprint density at radius 1 is 1.20 bits per heavy atom. The summed E-state index contributed by atoms with van der Waals surface area (Å²) in [7, 11) is -2.03. The Labute approximate surface area is 149 Å². The van der Waals surface area contributed by atoms with Crippen molar-refractivity contribution >= 4 is 31.6 Å². The van der Waals surface area contributed by atoms with Crippen molar-refractivity contribution in [3.8, 4) is 5.75 Å². The summed E-state index contributed by atoms with van der Waals surface area (Å²) in [6, 6.07) is 13.5. The van der Waals surface area contributed by atoms with E-state index in [1.807, 2.05) is 30.3 Å². The molecule has 0 aliphatic rings. The molecule has 0 saturated heterocycles. The van der Waals surface area contributed by atoms with Crippen molar-refractivity contribution in [3.05, 3.63) is 58.2 Å². The average Bonchev–Trinajstić information content (AvgIpc) is 2.87. The number of nitrogens with zero attached hydrogens (tertiary/aromatic N) is 1. The van der Waals surface area contributed by atoms with E-state index in [0.717, 1.165) is 16.9 Å². The van der Waals surface area contributed by atoms with Gasteiger partial charge in [-0.15, -0.1) is 0 Å². The van der Waals surface area contributed by atoms with E-state index in [2.05, 4.69) is 4.72 Å². The number of aromatic nitrogens is 1. The SMILES string of the molecule is C[C@H](COc1ccccc1)NS(=O)(=O)c1ccc2c(c1)sc(=O)n2C. The Hall–Kier alpha value is -2.16. The number of hydrogen-bond acceptors (Lipinski definition) is 5. The van der Waals surface area contributed by atoms with Crippen LogP contribution in [0.5, 0.6) is 5.75 Å². The molecular weight excluding hydrogens is 360 g/mol.